The van der Waals surface area contributed by atoms with E-state index in [-0.39, 0.29) is 22.9 Å². The van der Waals surface area contributed by atoms with Crippen molar-refractivity contribution >= 4 is 11.8 Å². The molecule has 3 N–H and O–H groups in total. The molecule has 2 amide bonds. The number of piperidine rings is 1. The minimum Gasteiger partial charge on any atom is -0.355 e. The highest BCUT2D eigenvalue weighted by Crippen LogP contribution is 2.24. The normalized spacial score (nSPS) is 18.0. The van der Waals surface area contributed by atoms with Crippen molar-refractivity contribution in [2.45, 2.75) is 18.9 Å². The molecule has 2 aromatic heterocycles. The molecule has 2 atom stereocenters. The molecule has 1 aromatic carbocycles. The SMILES string of the molecule is O=C(N[C@@H]1CCNC[C@H]1C(=O)NCCc1ccccn1)c1cc(-c2ccc(F)cc2F)on1. The average molecular weight is 455 g/mol. The first-order valence-corrected chi connectivity index (χ1v) is 10.6. The number of carbonyl (C=O) groups is 2. The molecule has 0 radical (unpaired) electrons. The highest BCUT2D eigenvalue weighted by atomic mass is 19.1. The van der Waals surface area contributed by atoms with Crippen LogP contribution in [0.15, 0.2) is 53.2 Å². The summed E-state index contributed by atoms with van der Waals surface area (Å²) in [5, 5.41) is 12.6. The van der Waals surface area contributed by atoms with Gasteiger partial charge in [0, 0.05) is 49.6 Å². The summed E-state index contributed by atoms with van der Waals surface area (Å²) in [5.74, 6) is -2.70. The standard InChI is InChI=1S/C23H23F2N5O3/c24-14-4-5-16(18(25)11-14)21-12-20(30-33-21)23(32)29-19-7-9-26-13-17(19)22(31)28-10-6-15-3-1-2-8-27-15/h1-5,8,11-12,17,19,26H,6-7,9-10,13H2,(H,28,31)(H,29,32)/t17-,19-/m1/s1. The number of aromatic nitrogens is 2. The summed E-state index contributed by atoms with van der Waals surface area (Å²) in [5.41, 5.74) is 0.820. The largest absolute Gasteiger partial charge is 0.355 e. The number of benzene rings is 1. The lowest BCUT2D eigenvalue weighted by molar-refractivity contribution is -0.126. The maximum absolute atomic E-state index is 14.0. The maximum Gasteiger partial charge on any atom is 0.273 e. The molecule has 0 bridgehead atoms. The number of pyridine rings is 1. The Morgan fingerprint density at radius 3 is 2.85 bits per heavy atom. The van der Waals surface area contributed by atoms with Gasteiger partial charge in [0.15, 0.2) is 11.5 Å². The quantitative estimate of drug-likeness (QED) is 0.503. The van der Waals surface area contributed by atoms with Crippen molar-refractivity contribution in [2.24, 2.45) is 5.92 Å². The van der Waals surface area contributed by atoms with E-state index in [2.05, 4.69) is 26.1 Å². The predicted molar refractivity (Wildman–Crippen MR) is 115 cm³/mol. The molecule has 0 unspecified atom stereocenters. The Labute approximate surface area is 188 Å². The third-order valence-electron chi connectivity index (χ3n) is 5.48. The summed E-state index contributed by atoms with van der Waals surface area (Å²) >= 11 is 0. The zero-order valence-electron chi connectivity index (χ0n) is 17.7. The molecule has 172 valence electrons. The first-order chi connectivity index (χ1) is 16.0. The number of nitrogens with one attached hydrogen (secondary N) is 3. The van der Waals surface area contributed by atoms with Gasteiger partial charge in [-0.2, -0.15) is 0 Å². The number of nitrogens with zero attached hydrogens (tertiary/aromatic N) is 2. The summed E-state index contributed by atoms with van der Waals surface area (Å²) in [4.78, 5) is 29.7. The van der Waals surface area contributed by atoms with E-state index in [1.165, 1.54) is 12.1 Å². The van der Waals surface area contributed by atoms with Crippen LogP contribution in [0.25, 0.3) is 11.3 Å². The minimum atomic E-state index is -0.820. The molecule has 4 rings (SSSR count). The van der Waals surface area contributed by atoms with Crippen molar-refractivity contribution in [1.82, 2.24) is 26.1 Å². The number of carbonyl (C=O) groups excluding carboxylic acids is 2. The van der Waals surface area contributed by atoms with Crippen LogP contribution in [0.1, 0.15) is 22.6 Å². The predicted octanol–water partition coefficient (Wildman–Crippen LogP) is 2.08. The van der Waals surface area contributed by atoms with Gasteiger partial charge in [0.25, 0.3) is 5.91 Å². The Hall–Kier alpha value is -3.66. The molecule has 0 aliphatic carbocycles. The Morgan fingerprint density at radius 2 is 2.06 bits per heavy atom. The van der Waals surface area contributed by atoms with Crippen LogP contribution < -0.4 is 16.0 Å². The van der Waals surface area contributed by atoms with E-state index in [0.717, 1.165) is 17.8 Å². The number of hydrogen-bond donors (Lipinski definition) is 3. The summed E-state index contributed by atoms with van der Waals surface area (Å²) in [6.07, 6.45) is 2.86. The zero-order valence-corrected chi connectivity index (χ0v) is 17.7. The minimum absolute atomic E-state index is 0.00465. The third kappa shape index (κ3) is 5.58. The Balaban J connectivity index is 1.37. The molecule has 1 saturated heterocycles. The van der Waals surface area contributed by atoms with Crippen LogP contribution >= 0.6 is 0 Å². The highest BCUT2D eigenvalue weighted by Gasteiger charge is 2.32. The first kappa shape index (κ1) is 22.5. The number of halogens is 2. The number of rotatable bonds is 7. The second kappa shape index (κ2) is 10.3. The molecule has 1 aliphatic rings. The Kier molecular flexibility index (Phi) is 7.04. The van der Waals surface area contributed by atoms with Crippen LogP contribution in [-0.4, -0.2) is 47.6 Å². The van der Waals surface area contributed by atoms with Crippen molar-refractivity contribution in [1.29, 1.82) is 0 Å². The Bertz CT molecular complexity index is 1120. The molecule has 10 heteroatoms. The van der Waals surface area contributed by atoms with Crippen molar-refractivity contribution in [3.05, 3.63) is 71.7 Å². The van der Waals surface area contributed by atoms with Gasteiger partial charge in [0.05, 0.1) is 11.5 Å². The second-order valence-corrected chi connectivity index (χ2v) is 7.74. The van der Waals surface area contributed by atoms with Crippen LogP contribution in [0.5, 0.6) is 0 Å². The fourth-order valence-corrected chi connectivity index (χ4v) is 3.74. The van der Waals surface area contributed by atoms with Gasteiger partial charge in [0.1, 0.15) is 11.6 Å². The maximum atomic E-state index is 14.0. The molecule has 3 aromatic rings. The number of amides is 2. The molecular weight excluding hydrogens is 432 g/mol. The summed E-state index contributed by atoms with van der Waals surface area (Å²) in [6, 6.07) is 9.52. The summed E-state index contributed by atoms with van der Waals surface area (Å²) in [7, 11) is 0. The molecule has 33 heavy (non-hydrogen) atoms. The van der Waals surface area contributed by atoms with Crippen LogP contribution in [-0.2, 0) is 11.2 Å². The first-order valence-electron chi connectivity index (χ1n) is 10.6. The molecule has 1 fully saturated rings. The van der Waals surface area contributed by atoms with Gasteiger partial charge in [-0.3, -0.25) is 14.6 Å². The average Bonchev–Trinajstić information content (AvgIpc) is 3.30. The lowest BCUT2D eigenvalue weighted by atomic mass is 9.92. The van der Waals surface area contributed by atoms with Crippen LogP contribution in [0.2, 0.25) is 0 Å². The van der Waals surface area contributed by atoms with E-state index in [9.17, 15) is 18.4 Å². The van der Waals surface area contributed by atoms with Crippen molar-refractivity contribution in [2.75, 3.05) is 19.6 Å². The smallest absolute Gasteiger partial charge is 0.273 e. The van der Waals surface area contributed by atoms with Crippen LogP contribution in [0.3, 0.4) is 0 Å². The van der Waals surface area contributed by atoms with Gasteiger partial charge in [-0.1, -0.05) is 11.2 Å². The van der Waals surface area contributed by atoms with Gasteiger partial charge in [-0.05, 0) is 37.2 Å². The number of hydrogen-bond acceptors (Lipinski definition) is 6. The fraction of sp³-hybridized carbons (Fsp3) is 0.304. The second-order valence-electron chi connectivity index (χ2n) is 7.74. The van der Waals surface area contributed by atoms with Crippen LogP contribution in [0, 0.1) is 17.6 Å². The van der Waals surface area contributed by atoms with Crippen molar-refractivity contribution in [3.63, 3.8) is 0 Å². The fourth-order valence-electron chi connectivity index (χ4n) is 3.74. The van der Waals surface area contributed by atoms with E-state index in [0.29, 0.717) is 32.5 Å². The van der Waals surface area contributed by atoms with E-state index in [4.69, 9.17) is 4.52 Å². The lowest BCUT2D eigenvalue weighted by Gasteiger charge is -2.31. The zero-order chi connectivity index (χ0) is 23.2. The highest BCUT2D eigenvalue weighted by molar-refractivity contribution is 5.94. The Morgan fingerprint density at radius 1 is 1.18 bits per heavy atom. The van der Waals surface area contributed by atoms with E-state index >= 15 is 0 Å². The van der Waals surface area contributed by atoms with E-state index in [1.54, 1.807) is 6.20 Å². The van der Waals surface area contributed by atoms with E-state index < -0.39 is 29.5 Å². The lowest BCUT2D eigenvalue weighted by Crippen LogP contribution is -2.55. The van der Waals surface area contributed by atoms with Gasteiger partial charge in [-0.15, -0.1) is 0 Å². The van der Waals surface area contributed by atoms with Crippen molar-refractivity contribution < 1.29 is 22.9 Å². The molecule has 1 aliphatic heterocycles. The molecular formula is C23H23F2N5O3. The summed E-state index contributed by atoms with van der Waals surface area (Å²) < 4.78 is 32.2. The molecule has 0 saturated carbocycles. The molecule has 8 nitrogen and oxygen atoms in total. The van der Waals surface area contributed by atoms with Crippen LogP contribution in [0.4, 0.5) is 8.78 Å². The van der Waals surface area contributed by atoms with E-state index in [1.807, 2.05) is 18.2 Å². The van der Waals surface area contributed by atoms with Gasteiger partial charge in [-0.25, -0.2) is 8.78 Å². The monoisotopic (exact) mass is 455 g/mol. The van der Waals surface area contributed by atoms with Gasteiger partial charge in [0.2, 0.25) is 5.91 Å². The van der Waals surface area contributed by atoms with Gasteiger partial charge < -0.3 is 20.5 Å². The van der Waals surface area contributed by atoms with Gasteiger partial charge >= 0.3 is 0 Å². The molecule has 3 heterocycles. The van der Waals surface area contributed by atoms with Crippen molar-refractivity contribution in [3.8, 4) is 11.3 Å². The molecule has 0 spiro atoms. The third-order valence-corrected chi connectivity index (χ3v) is 5.48. The summed E-state index contributed by atoms with van der Waals surface area (Å²) in [6.45, 7) is 1.50. The topological polar surface area (TPSA) is 109 Å².